The molecule has 1 saturated carbocycles. The summed E-state index contributed by atoms with van der Waals surface area (Å²) in [5.74, 6) is -0.196. The van der Waals surface area contributed by atoms with Crippen LogP contribution < -0.4 is 0 Å². The first-order valence-corrected chi connectivity index (χ1v) is 7.24. The molecule has 0 radical (unpaired) electrons. The highest BCUT2D eigenvalue weighted by atomic mass is 19.4. The Morgan fingerprint density at radius 3 is 2.48 bits per heavy atom. The standard InChI is InChI=1S/C14H20F3N3O/c1-19(11-6-4-2-3-5-7-11)13(21)10-20-9-8-12(18-20)14(15,16)17/h8-9,11H,2-7,10H2,1H3. The zero-order valence-electron chi connectivity index (χ0n) is 12.1. The zero-order valence-corrected chi connectivity index (χ0v) is 12.1. The van der Waals surface area contributed by atoms with Crippen molar-refractivity contribution in [1.29, 1.82) is 0 Å². The van der Waals surface area contributed by atoms with E-state index < -0.39 is 11.9 Å². The van der Waals surface area contributed by atoms with Crippen molar-refractivity contribution >= 4 is 5.91 Å². The molecule has 0 unspecified atom stereocenters. The van der Waals surface area contributed by atoms with Crippen LogP contribution in [0.4, 0.5) is 13.2 Å². The summed E-state index contributed by atoms with van der Waals surface area (Å²) in [7, 11) is 1.73. The van der Waals surface area contributed by atoms with Gasteiger partial charge in [-0.15, -0.1) is 0 Å². The van der Waals surface area contributed by atoms with Gasteiger partial charge in [-0.25, -0.2) is 0 Å². The van der Waals surface area contributed by atoms with Crippen LogP contribution in [0.3, 0.4) is 0 Å². The number of alkyl halides is 3. The average molecular weight is 303 g/mol. The van der Waals surface area contributed by atoms with Gasteiger partial charge in [-0.05, 0) is 18.9 Å². The largest absolute Gasteiger partial charge is 0.435 e. The van der Waals surface area contributed by atoms with E-state index in [1.807, 2.05) is 0 Å². The van der Waals surface area contributed by atoms with E-state index in [1.54, 1.807) is 11.9 Å². The molecule has 4 nitrogen and oxygen atoms in total. The van der Waals surface area contributed by atoms with Crippen LogP contribution in [-0.2, 0) is 17.5 Å². The second-order valence-electron chi connectivity index (χ2n) is 5.55. The van der Waals surface area contributed by atoms with E-state index in [2.05, 4.69) is 5.10 Å². The molecule has 1 aromatic rings. The zero-order chi connectivity index (χ0) is 15.5. The Morgan fingerprint density at radius 2 is 1.95 bits per heavy atom. The molecule has 1 aliphatic rings. The molecule has 0 aliphatic heterocycles. The van der Waals surface area contributed by atoms with Crippen LogP contribution >= 0.6 is 0 Å². The molecule has 1 aromatic heterocycles. The van der Waals surface area contributed by atoms with Gasteiger partial charge in [0.15, 0.2) is 5.69 Å². The highest BCUT2D eigenvalue weighted by Gasteiger charge is 2.33. The van der Waals surface area contributed by atoms with Gasteiger partial charge in [0.05, 0.1) is 0 Å². The summed E-state index contributed by atoms with van der Waals surface area (Å²) in [5, 5.41) is 3.41. The lowest BCUT2D eigenvalue weighted by Gasteiger charge is -2.27. The summed E-state index contributed by atoms with van der Waals surface area (Å²) < 4.78 is 38.4. The first-order valence-electron chi connectivity index (χ1n) is 7.24. The van der Waals surface area contributed by atoms with Crippen molar-refractivity contribution in [2.75, 3.05) is 7.05 Å². The van der Waals surface area contributed by atoms with E-state index >= 15 is 0 Å². The highest BCUT2D eigenvalue weighted by Crippen LogP contribution is 2.27. The van der Waals surface area contributed by atoms with Crippen molar-refractivity contribution in [2.45, 2.75) is 57.3 Å². The van der Waals surface area contributed by atoms with Crippen LogP contribution in [0.15, 0.2) is 12.3 Å². The number of hydrogen-bond donors (Lipinski definition) is 0. The predicted molar refractivity (Wildman–Crippen MR) is 71.5 cm³/mol. The van der Waals surface area contributed by atoms with Gasteiger partial charge in [-0.2, -0.15) is 18.3 Å². The Labute approximate surface area is 121 Å². The monoisotopic (exact) mass is 303 g/mol. The van der Waals surface area contributed by atoms with Crippen LogP contribution in [-0.4, -0.2) is 33.7 Å². The SMILES string of the molecule is CN(C(=O)Cn1ccc(C(F)(F)F)n1)C1CCCCCC1. The fourth-order valence-corrected chi connectivity index (χ4v) is 2.70. The summed E-state index contributed by atoms with van der Waals surface area (Å²) in [4.78, 5) is 13.8. The van der Waals surface area contributed by atoms with Gasteiger partial charge in [0.2, 0.25) is 5.91 Å². The molecule has 1 aliphatic carbocycles. The molecule has 2 rings (SSSR count). The fourth-order valence-electron chi connectivity index (χ4n) is 2.70. The van der Waals surface area contributed by atoms with Gasteiger partial charge in [0, 0.05) is 19.3 Å². The minimum absolute atomic E-state index is 0.150. The van der Waals surface area contributed by atoms with E-state index in [0.717, 1.165) is 36.4 Å². The number of aromatic nitrogens is 2. The smallest absolute Gasteiger partial charge is 0.341 e. The van der Waals surface area contributed by atoms with Crippen molar-refractivity contribution < 1.29 is 18.0 Å². The molecule has 21 heavy (non-hydrogen) atoms. The lowest BCUT2D eigenvalue weighted by molar-refractivity contribution is -0.142. The lowest BCUT2D eigenvalue weighted by atomic mass is 10.1. The minimum Gasteiger partial charge on any atom is -0.341 e. The number of carbonyl (C=O) groups is 1. The Morgan fingerprint density at radius 1 is 1.33 bits per heavy atom. The van der Waals surface area contributed by atoms with E-state index in [-0.39, 0.29) is 18.5 Å². The third-order valence-electron chi connectivity index (χ3n) is 3.99. The van der Waals surface area contributed by atoms with E-state index in [0.29, 0.717) is 0 Å². The number of halogens is 3. The molecule has 0 atom stereocenters. The molecular weight excluding hydrogens is 283 g/mol. The number of hydrogen-bond acceptors (Lipinski definition) is 2. The second-order valence-corrected chi connectivity index (χ2v) is 5.55. The van der Waals surface area contributed by atoms with Crippen LogP contribution in [0.5, 0.6) is 0 Å². The van der Waals surface area contributed by atoms with Crippen molar-refractivity contribution in [2.24, 2.45) is 0 Å². The summed E-state index contributed by atoms with van der Waals surface area (Å²) in [6.45, 7) is -0.150. The average Bonchev–Trinajstić information content (AvgIpc) is 2.72. The van der Waals surface area contributed by atoms with E-state index in [4.69, 9.17) is 0 Å². The Kier molecular flexibility index (Phi) is 4.90. The summed E-state index contributed by atoms with van der Waals surface area (Å²) in [6.07, 6.45) is 3.23. The quantitative estimate of drug-likeness (QED) is 0.805. The second kappa shape index (κ2) is 6.49. The summed E-state index contributed by atoms with van der Waals surface area (Å²) in [6, 6.07) is 1.08. The third kappa shape index (κ3) is 4.22. The van der Waals surface area contributed by atoms with Crippen molar-refractivity contribution in [1.82, 2.24) is 14.7 Å². The van der Waals surface area contributed by atoms with Crippen LogP contribution in [0.25, 0.3) is 0 Å². The molecule has 0 N–H and O–H groups in total. The Hall–Kier alpha value is -1.53. The molecule has 0 spiro atoms. The molecule has 1 heterocycles. The number of carbonyl (C=O) groups excluding carboxylic acids is 1. The van der Waals surface area contributed by atoms with Gasteiger partial charge in [-0.1, -0.05) is 25.7 Å². The number of amides is 1. The molecule has 1 amide bonds. The molecule has 0 bridgehead atoms. The molecule has 1 fully saturated rings. The predicted octanol–water partition coefficient (Wildman–Crippen LogP) is 3.08. The number of likely N-dealkylation sites (N-methyl/N-ethyl adjacent to an activating group) is 1. The Bertz CT molecular complexity index is 476. The van der Waals surface area contributed by atoms with Gasteiger partial charge in [-0.3, -0.25) is 9.48 Å². The lowest BCUT2D eigenvalue weighted by Crippen LogP contribution is -2.38. The summed E-state index contributed by atoms with van der Waals surface area (Å²) >= 11 is 0. The topological polar surface area (TPSA) is 38.1 Å². The third-order valence-corrected chi connectivity index (χ3v) is 3.99. The normalized spacial score (nSPS) is 17.5. The molecule has 0 saturated heterocycles. The molecule has 118 valence electrons. The van der Waals surface area contributed by atoms with Crippen LogP contribution in [0.2, 0.25) is 0 Å². The first kappa shape index (κ1) is 15.9. The minimum atomic E-state index is -4.47. The van der Waals surface area contributed by atoms with Crippen LogP contribution in [0, 0.1) is 0 Å². The summed E-state index contributed by atoms with van der Waals surface area (Å²) in [5.41, 5.74) is -0.965. The maximum absolute atomic E-state index is 12.5. The van der Waals surface area contributed by atoms with Crippen molar-refractivity contribution in [3.05, 3.63) is 18.0 Å². The molecule has 7 heteroatoms. The van der Waals surface area contributed by atoms with E-state index in [9.17, 15) is 18.0 Å². The highest BCUT2D eigenvalue weighted by molar-refractivity contribution is 5.75. The van der Waals surface area contributed by atoms with Crippen molar-refractivity contribution in [3.63, 3.8) is 0 Å². The van der Waals surface area contributed by atoms with Gasteiger partial charge in [0.25, 0.3) is 0 Å². The maximum Gasteiger partial charge on any atom is 0.435 e. The molecular formula is C14H20F3N3O. The number of rotatable bonds is 3. The van der Waals surface area contributed by atoms with Crippen molar-refractivity contribution in [3.8, 4) is 0 Å². The fraction of sp³-hybridized carbons (Fsp3) is 0.714. The molecule has 0 aromatic carbocycles. The van der Waals surface area contributed by atoms with Gasteiger partial charge < -0.3 is 4.90 Å². The van der Waals surface area contributed by atoms with E-state index in [1.165, 1.54) is 19.0 Å². The Balaban J connectivity index is 1.95. The van der Waals surface area contributed by atoms with Crippen LogP contribution in [0.1, 0.15) is 44.2 Å². The van der Waals surface area contributed by atoms with Gasteiger partial charge in [0.1, 0.15) is 6.54 Å². The maximum atomic E-state index is 12.5. The van der Waals surface area contributed by atoms with Gasteiger partial charge >= 0.3 is 6.18 Å². The number of nitrogens with zero attached hydrogens (tertiary/aromatic N) is 3. The first-order chi connectivity index (χ1) is 9.88.